The number of hydrogen-bond donors (Lipinski definition) is 1. The van der Waals surface area contributed by atoms with E-state index >= 15 is 0 Å². The summed E-state index contributed by atoms with van der Waals surface area (Å²) in [5, 5.41) is 0. The molecule has 1 unspecified atom stereocenters. The van der Waals surface area contributed by atoms with Gasteiger partial charge >= 0.3 is 0 Å². The Kier molecular flexibility index (Phi) is 4.61. The highest BCUT2D eigenvalue weighted by Gasteiger charge is 2.18. The molecule has 17 heavy (non-hydrogen) atoms. The summed E-state index contributed by atoms with van der Waals surface area (Å²) in [5.41, 5.74) is 8.90. The summed E-state index contributed by atoms with van der Waals surface area (Å²) in [4.78, 5) is 0. The summed E-state index contributed by atoms with van der Waals surface area (Å²) >= 11 is 0. The Labute approximate surface area is 105 Å². The number of nitrogens with two attached hydrogens (primary N) is 1. The van der Waals surface area contributed by atoms with E-state index in [4.69, 9.17) is 5.73 Å². The molecule has 0 aromatic heterocycles. The van der Waals surface area contributed by atoms with Gasteiger partial charge in [0.2, 0.25) is 0 Å². The van der Waals surface area contributed by atoms with Gasteiger partial charge in [-0.05, 0) is 42.3 Å². The standard InChI is InChI=1S/C16H25N/c1-13(12-17)15-10-6-7-11-16(15)14-8-4-2-3-5-9-14/h6-7,10-11,13-14H,2-5,8-9,12,17H2,1H3. The van der Waals surface area contributed by atoms with Crippen molar-refractivity contribution in [2.24, 2.45) is 5.73 Å². The van der Waals surface area contributed by atoms with E-state index in [2.05, 4.69) is 31.2 Å². The molecule has 0 aliphatic heterocycles. The third kappa shape index (κ3) is 3.10. The Morgan fingerprint density at radius 2 is 1.76 bits per heavy atom. The van der Waals surface area contributed by atoms with Crippen LogP contribution in [0, 0.1) is 0 Å². The van der Waals surface area contributed by atoms with Crippen LogP contribution in [0.15, 0.2) is 24.3 Å². The van der Waals surface area contributed by atoms with Crippen LogP contribution in [0.3, 0.4) is 0 Å². The van der Waals surface area contributed by atoms with Gasteiger partial charge in [-0.1, -0.05) is 56.9 Å². The van der Waals surface area contributed by atoms with Gasteiger partial charge in [0.05, 0.1) is 0 Å². The van der Waals surface area contributed by atoms with Crippen LogP contribution in [0.25, 0.3) is 0 Å². The van der Waals surface area contributed by atoms with Crippen molar-refractivity contribution >= 4 is 0 Å². The topological polar surface area (TPSA) is 26.0 Å². The molecule has 0 spiro atoms. The quantitative estimate of drug-likeness (QED) is 0.776. The lowest BCUT2D eigenvalue weighted by atomic mass is 9.84. The van der Waals surface area contributed by atoms with Gasteiger partial charge in [0.15, 0.2) is 0 Å². The van der Waals surface area contributed by atoms with Crippen molar-refractivity contribution in [1.29, 1.82) is 0 Å². The first kappa shape index (κ1) is 12.6. The van der Waals surface area contributed by atoms with Crippen LogP contribution in [-0.2, 0) is 0 Å². The van der Waals surface area contributed by atoms with Crippen molar-refractivity contribution < 1.29 is 0 Å². The highest BCUT2D eigenvalue weighted by Crippen LogP contribution is 2.35. The third-order valence-corrected chi connectivity index (χ3v) is 4.18. The Morgan fingerprint density at radius 3 is 2.41 bits per heavy atom. The second-order valence-electron chi connectivity index (χ2n) is 5.45. The number of rotatable bonds is 3. The molecule has 2 N–H and O–H groups in total. The minimum Gasteiger partial charge on any atom is -0.330 e. The second-order valence-corrected chi connectivity index (χ2v) is 5.45. The maximum Gasteiger partial charge on any atom is -0.00108 e. The molecule has 1 aliphatic rings. The molecule has 0 heterocycles. The predicted octanol–water partition coefficient (Wildman–Crippen LogP) is 4.19. The SMILES string of the molecule is CC(CN)c1ccccc1C1CCCCCC1. The molecule has 1 aromatic carbocycles. The lowest BCUT2D eigenvalue weighted by Gasteiger charge is -2.21. The monoisotopic (exact) mass is 231 g/mol. The molecule has 1 aliphatic carbocycles. The first-order valence-electron chi connectivity index (χ1n) is 7.12. The predicted molar refractivity (Wildman–Crippen MR) is 74.4 cm³/mol. The van der Waals surface area contributed by atoms with E-state index in [9.17, 15) is 0 Å². The van der Waals surface area contributed by atoms with E-state index in [0.29, 0.717) is 5.92 Å². The zero-order valence-corrected chi connectivity index (χ0v) is 11.0. The fraction of sp³-hybridized carbons (Fsp3) is 0.625. The van der Waals surface area contributed by atoms with E-state index in [1.165, 1.54) is 44.1 Å². The average molecular weight is 231 g/mol. The van der Waals surface area contributed by atoms with Crippen LogP contribution in [0.5, 0.6) is 0 Å². The molecule has 1 fully saturated rings. The summed E-state index contributed by atoms with van der Waals surface area (Å²) in [6.45, 7) is 3.00. The van der Waals surface area contributed by atoms with Crippen molar-refractivity contribution in [2.45, 2.75) is 57.3 Å². The van der Waals surface area contributed by atoms with Crippen LogP contribution in [0.2, 0.25) is 0 Å². The molecule has 1 nitrogen and oxygen atoms in total. The van der Waals surface area contributed by atoms with Crippen molar-refractivity contribution in [3.05, 3.63) is 35.4 Å². The normalized spacial score (nSPS) is 19.9. The zero-order chi connectivity index (χ0) is 12.1. The molecule has 1 atom stereocenters. The van der Waals surface area contributed by atoms with Crippen molar-refractivity contribution in [1.82, 2.24) is 0 Å². The van der Waals surface area contributed by atoms with Crippen molar-refractivity contribution in [3.8, 4) is 0 Å². The molecular weight excluding hydrogens is 206 g/mol. The summed E-state index contributed by atoms with van der Waals surface area (Å²) in [7, 11) is 0. The molecule has 2 rings (SSSR count). The maximum atomic E-state index is 5.83. The van der Waals surface area contributed by atoms with Gasteiger partial charge in [0, 0.05) is 0 Å². The van der Waals surface area contributed by atoms with Gasteiger partial charge in [-0.25, -0.2) is 0 Å². The van der Waals surface area contributed by atoms with Gasteiger partial charge in [-0.3, -0.25) is 0 Å². The summed E-state index contributed by atoms with van der Waals surface area (Å²) in [6.07, 6.45) is 8.38. The van der Waals surface area contributed by atoms with Gasteiger partial charge < -0.3 is 5.73 Å². The van der Waals surface area contributed by atoms with Crippen LogP contribution in [0.1, 0.15) is 68.4 Å². The lowest BCUT2D eigenvalue weighted by Crippen LogP contribution is -2.12. The molecular formula is C16H25N. The molecule has 1 heteroatoms. The highest BCUT2D eigenvalue weighted by atomic mass is 14.5. The largest absolute Gasteiger partial charge is 0.330 e. The first-order valence-corrected chi connectivity index (χ1v) is 7.12. The maximum absolute atomic E-state index is 5.83. The summed E-state index contributed by atoms with van der Waals surface area (Å²) in [6, 6.07) is 8.95. The van der Waals surface area contributed by atoms with E-state index in [-0.39, 0.29) is 0 Å². The van der Waals surface area contributed by atoms with Crippen LogP contribution >= 0.6 is 0 Å². The van der Waals surface area contributed by atoms with Crippen LogP contribution < -0.4 is 5.73 Å². The zero-order valence-electron chi connectivity index (χ0n) is 11.0. The van der Waals surface area contributed by atoms with Crippen LogP contribution in [-0.4, -0.2) is 6.54 Å². The molecule has 0 radical (unpaired) electrons. The molecule has 0 saturated heterocycles. The number of benzene rings is 1. The Morgan fingerprint density at radius 1 is 1.12 bits per heavy atom. The Bertz CT molecular complexity index is 337. The first-order chi connectivity index (χ1) is 8.33. The van der Waals surface area contributed by atoms with E-state index in [0.717, 1.165) is 12.5 Å². The summed E-state index contributed by atoms with van der Waals surface area (Å²) < 4.78 is 0. The summed E-state index contributed by atoms with van der Waals surface area (Å²) in [5.74, 6) is 1.28. The molecule has 94 valence electrons. The molecule has 1 aromatic rings. The van der Waals surface area contributed by atoms with Gasteiger partial charge in [-0.2, -0.15) is 0 Å². The van der Waals surface area contributed by atoms with Crippen molar-refractivity contribution in [2.75, 3.05) is 6.54 Å². The van der Waals surface area contributed by atoms with E-state index in [1.807, 2.05) is 0 Å². The molecule has 0 amide bonds. The van der Waals surface area contributed by atoms with Crippen LogP contribution in [0.4, 0.5) is 0 Å². The van der Waals surface area contributed by atoms with Gasteiger partial charge in [0.1, 0.15) is 0 Å². The number of hydrogen-bond acceptors (Lipinski definition) is 1. The average Bonchev–Trinajstić information content (AvgIpc) is 2.66. The van der Waals surface area contributed by atoms with E-state index in [1.54, 1.807) is 5.56 Å². The van der Waals surface area contributed by atoms with Crippen molar-refractivity contribution in [3.63, 3.8) is 0 Å². The minimum absolute atomic E-state index is 0.495. The van der Waals surface area contributed by atoms with Gasteiger partial charge in [0.25, 0.3) is 0 Å². The molecule has 0 bridgehead atoms. The smallest absolute Gasteiger partial charge is 0.00108 e. The van der Waals surface area contributed by atoms with E-state index < -0.39 is 0 Å². The fourth-order valence-electron chi connectivity index (χ4n) is 3.05. The Hall–Kier alpha value is -0.820. The highest BCUT2D eigenvalue weighted by molar-refractivity contribution is 5.33. The lowest BCUT2D eigenvalue weighted by molar-refractivity contribution is 0.581. The minimum atomic E-state index is 0.495. The fourth-order valence-corrected chi connectivity index (χ4v) is 3.05. The Balaban J connectivity index is 2.23. The molecule has 1 saturated carbocycles. The second kappa shape index (κ2) is 6.20. The van der Waals surface area contributed by atoms with Gasteiger partial charge in [-0.15, -0.1) is 0 Å². The third-order valence-electron chi connectivity index (χ3n) is 4.18.